The lowest BCUT2D eigenvalue weighted by molar-refractivity contribution is -0.664. The molecule has 0 aromatic rings. The number of carbonyl (C=O) groups is 4. The van der Waals surface area contributed by atoms with E-state index in [1.165, 1.54) is 11.3 Å². The summed E-state index contributed by atoms with van der Waals surface area (Å²) < 4.78 is 0. The van der Waals surface area contributed by atoms with Crippen LogP contribution in [-0.2, 0) is 14.4 Å². The molecule has 0 unspecified atom stereocenters. The van der Waals surface area contributed by atoms with Crippen molar-refractivity contribution in [3.63, 3.8) is 0 Å². The fraction of sp³-hybridized carbons (Fsp3) is 0.833. The highest BCUT2D eigenvalue weighted by Gasteiger charge is 2.40. The van der Waals surface area contributed by atoms with Gasteiger partial charge in [0.2, 0.25) is 17.7 Å². The van der Waals surface area contributed by atoms with Gasteiger partial charge in [-0.1, -0.05) is 32.1 Å². The normalized spacial score (nSPS) is 23.4. The summed E-state index contributed by atoms with van der Waals surface area (Å²) in [6, 6.07) is -2.05. The van der Waals surface area contributed by atoms with Crippen LogP contribution in [0.25, 0.3) is 0 Å². The predicted molar refractivity (Wildman–Crippen MR) is 127 cm³/mol. The number of nitrogens with one attached hydrogen (secondary N) is 2. The highest BCUT2D eigenvalue weighted by molar-refractivity contribution is 5.92. The second kappa shape index (κ2) is 12.4. The van der Waals surface area contributed by atoms with E-state index in [2.05, 4.69) is 16.0 Å². The molecule has 10 heteroatoms. The molecule has 0 radical (unpaired) electrons. The number of nitrogens with two attached hydrogens (primary N) is 2. The molecule has 34 heavy (non-hydrogen) atoms. The van der Waals surface area contributed by atoms with Crippen LogP contribution in [0.5, 0.6) is 0 Å². The van der Waals surface area contributed by atoms with Crippen LogP contribution < -0.4 is 21.7 Å². The summed E-state index contributed by atoms with van der Waals surface area (Å²) in [5, 5.41) is 7.90. The molecule has 1 aliphatic carbocycles. The van der Waals surface area contributed by atoms with E-state index < -0.39 is 23.9 Å². The number of primary amides is 1. The maximum atomic E-state index is 13.4. The lowest BCUT2D eigenvalue weighted by Crippen LogP contribution is -2.86. The van der Waals surface area contributed by atoms with Gasteiger partial charge in [0.25, 0.3) is 0 Å². The van der Waals surface area contributed by atoms with Gasteiger partial charge in [0.15, 0.2) is 0 Å². The largest absolute Gasteiger partial charge is 0.368 e. The third kappa shape index (κ3) is 7.07. The Kier molecular flexibility index (Phi) is 9.55. The Labute approximate surface area is 202 Å². The predicted octanol–water partition coefficient (Wildman–Crippen LogP) is -0.469. The summed E-state index contributed by atoms with van der Waals surface area (Å²) in [7, 11) is 0. The molecule has 2 heterocycles. The van der Waals surface area contributed by atoms with E-state index in [9.17, 15) is 19.2 Å². The monoisotopic (exact) mass is 479 g/mol. The van der Waals surface area contributed by atoms with Crippen LogP contribution in [0.1, 0.15) is 65.2 Å². The third-order valence-corrected chi connectivity index (χ3v) is 7.41. The van der Waals surface area contributed by atoms with Crippen molar-refractivity contribution in [2.75, 3.05) is 32.7 Å². The molecular formula is C24H43N6O4+. The number of quaternary nitrogens is 1. The first-order valence-corrected chi connectivity index (χ1v) is 13.0. The smallest absolute Gasteiger partial charge is 0.318 e. The Morgan fingerprint density at radius 2 is 1.65 bits per heavy atom. The summed E-state index contributed by atoms with van der Waals surface area (Å²) in [5.74, 6) is -0.593. The average molecular weight is 480 g/mol. The van der Waals surface area contributed by atoms with Crippen LogP contribution in [0.2, 0.25) is 0 Å². The van der Waals surface area contributed by atoms with Gasteiger partial charge in [-0.15, -0.1) is 0 Å². The number of hydrogen-bond acceptors (Lipinski definition) is 4. The molecule has 6 N–H and O–H groups in total. The Hall–Kier alpha value is -2.36. The Morgan fingerprint density at radius 3 is 2.26 bits per heavy atom. The molecule has 192 valence electrons. The molecule has 2 atom stereocenters. The van der Waals surface area contributed by atoms with Crippen LogP contribution in [0.4, 0.5) is 4.79 Å². The summed E-state index contributed by atoms with van der Waals surface area (Å²) in [5.41, 5.74) is 5.65. The molecule has 2 aliphatic heterocycles. The second-order valence-electron chi connectivity index (χ2n) is 10.4. The summed E-state index contributed by atoms with van der Waals surface area (Å²) in [6.07, 6.45) is 7.71. The minimum absolute atomic E-state index is 0.0329. The lowest BCUT2D eigenvalue weighted by atomic mass is 9.84. The molecule has 2 saturated heterocycles. The van der Waals surface area contributed by atoms with Crippen molar-refractivity contribution in [3.8, 4) is 0 Å². The van der Waals surface area contributed by atoms with Crippen LogP contribution in [0, 0.1) is 11.8 Å². The number of hydrogen-bond donors (Lipinski definition) is 4. The molecular weight excluding hydrogens is 436 g/mol. The van der Waals surface area contributed by atoms with Crippen molar-refractivity contribution in [1.82, 2.24) is 20.4 Å². The van der Waals surface area contributed by atoms with E-state index in [1.807, 2.05) is 13.8 Å². The van der Waals surface area contributed by atoms with Crippen molar-refractivity contribution < 1.29 is 24.5 Å². The average Bonchev–Trinajstić information content (AvgIpc) is 2.83. The second-order valence-corrected chi connectivity index (χ2v) is 10.4. The minimum Gasteiger partial charge on any atom is -0.368 e. The SMILES string of the molecule is CC(C)NC(=O)N1CCN(C(=O)C2CC[NH2+]CC2)C[C@@H]1C(=O)N[C@@H](CC1CCCCC1)C(N)=O. The Bertz CT molecular complexity index is 733. The Balaban J connectivity index is 1.71. The zero-order valence-electron chi connectivity index (χ0n) is 20.8. The van der Waals surface area contributed by atoms with Gasteiger partial charge in [-0.2, -0.15) is 0 Å². The quantitative estimate of drug-likeness (QED) is 0.392. The summed E-state index contributed by atoms with van der Waals surface area (Å²) in [4.78, 5) is 54.8. The molecule has 1 saturated carbocycles. The van der Waals surface area contributed by atoms with Crippen molar-refractivity contribution in [1.29, 1.82) is 0 Å². The molecule has 3 fully saturated rings. The van der Waals surface area contributed by atoms with Crippen molar-refractivity contribution in [2.45, 2.75) is 83.3 Å². The van der Waals surface area contributed by atoms with Crippen LogP contribution in [-0.4, -0.2) is 84.4 Å². The van der Waals surface area contributed by atoms with Gasteiger partial charge in [-0.25, -0.2) is 4.79 Å². The van der Waals surface area contributed by atoms with Crippen LogP contribution >= 0.6 is 0 Å². The molecule has 3 rings (SSSR count). The molecule has 5 amide bonds. The fourth-order valence-corrected chi connectivity index (χ4v) is 5.48. The number of rotatable bonds is 7. The summed E-state index contributed by atoms with van der Waals surface area (Å²) in [6.45, 7) is 6.38. The highest BCUT2D eigenvalue weighted by atomic mass is 16.2. The molecule has 3 aliphatic rings. The maximum absolute atomic E-state index is 13.4. The first-order chi connectivity index (χ1) is 16.3. The minimum atomic E-state index is -0.861. The first kappa shape index (κ1) is 26.2. The van der Waals surface area contributed by atoms with Gasteiger partial charge in [-0.3, -0.25) is 14.4 Å². The van der Waals surface area contributed by atoms with Crippen molar-refractivity contribution in [2.24, 2.45) is 17.6 Å². The van der Waals surface area contributed by atoms with Gasteiger partial charge in [0.1, 0.15) is 12.1 Å². The molecule has 10 nitrogen and oxygen atoms in total. The van der Waals surface area contributed by atoms with Gasteiger partial charge >= 0.3 is 6.03 Å². The Morgan fingerprint density at radius 1 is 0.971 bits per heavy atom. The zero-order chi connectivity index (χ0) is 24.7. The number of amides is 5. The van der Waals surface area contributed by atoms with E-state index in [-0.39, 0.29) is 37.0 Å². The van der Waals surface area contributed by atoms with Crippen molar-refractivity contribution in [3.05, 3.63) is 0 Å². The highest BCUT2D eigenvalue weighted by Crippen LogP contribution is 2.27. The summed E-state index contributed by atoms with van der Waals surface area (Å²) >= 11 is 0. The molecule has 0 bridgehead atoms. The lowest BCUT2D eigenvalue weighted by Gasteiger charge is -2.42. The van der Waals surface area contributed by atoms with Gasteiger partial charge < -0.3 is 31.5 Å². The van der Waals surface area contributed by atoms with E-state index >= 15 is 0 Å². The van der Waals surface area contributed by atoms with E-state index in [0.717, 1.165) is 51.6 Å². The number of carbonyl (C=O) groups excluding carboxylic acids is 4. The number of piperidine rings is 1. The standard InChI is InChI=1S/C24H42N6O4/c1-16(2)27-24(34)30-13-12-29(23(33)18-8-10-26-11-9-18)15-20(30)22(32)28-19(21(25)31)14-17-6-4-3-5-7-17/h16-20,26H,3-15H2,1-2H3,(H2,25,31)(H,27,34)(H,28,32)/p+1/t19-,20+/m0/s1. The third-order valence-electron chi connectivity index (χ3n) is 7.41. The molecule has 0 aromatic heterocycles. The van der Waals surface area contributed by atoms with E-state index in [1.54, 1.807) is 4.90 Å². The zero-order valence-corrected chi connectivity index (χ0v) is 20.8. The molecule has 0 aromatic carbocycles. The van der Waals surface area contributed by atoms with Gasteiger partial charge in [-0.05, 0) is 26.2 Å². The first-order valence-electron chi connectivity index (χ1n) is 13.0. The van der Waals surface area contributed by atoms with Crippen molar-refractivity contribution >= 4 is 23.8 Å². The number of nitrogens with zero attached hydrogens (tertiary/aromatic N) is 2. The van der Waals surface area contributed by atoms with Gasteiger partial charge in [0.05, 0.1) is 19.6 Å². The van der Waals surface area contributed by atoms with E-state index in [4.69, 9.17) is 5.73 Å². The number of piperazine rings is 1. The van der Waals surface area contributed by atoms with Gasteiger partial charge in [0, 0.05) is 37.9 Å². The fourth-order valence-electron chi connectivity index (χ4n) is 5.48. The maximum Gasteiger partial charge on any atom is 0.318 e. The van der Waals surface area contributed by atoms with Crippen LogP contribution in [0.3, 0.4) is 0 Å². The van der Waals surface area contributed by atoms with E-state index in [0.29, 0.717) is 18.9 Å². The molecule has 0 spiro atoms. The van der Waals surface area contributed by atoms with Crippen LogP contribution in [0.15, 0.2) is 0 Å². The number of urea groups is 1. The topological polar surface area (TPSA) is 141 Å².